The molecule has 28 heavy (non-hydrogen) atoms. The van der Waals surface area contributed by atoms with Crippen LogP contribution in [0.5, 0.6) is 0 Å². The number of amides is 1. The van der Waals surface area contributed by atoms with Gasteiger partial charge in [0, 0.05) is 44.6 Å². The summed E-state index contributed by atoms with van der Waals surface area (Å²) in [6, 6.07) is 13.8. The second-order valence-corrected chi connectivity index (χ2v) is 6.85. The molecule has 3 heterocycles. The Bertz CT molecular complexity index is 897. The van der Waals surface area contributed by atoms with Crippen molar-refractivity contribution in [3.63, 3.8) is 0 Å². The highest BCUT2D eigenvalue weighted by Gasteiger charge is 2.24. The van der Waals surface area contributed by atoms with Crippen molar-refractivity contribution in [3.8, 4) is 0 Å². The van der Waals surface area contributed by atoms with Crippen LogP contribution in [0.1, 0.15) is 28.2 Å². The molecule has 1 aliphatic rings. The maximum atomic E-state index is 12.8. The van der Waals surface area contributed by atoms with Gasteiger partial charge < -0.3 is 14.3 Å². The largest absolute Gasteiger partial charge is 0.351 e. The number of hydrogen-bond acceptors (Lipinski definition) is 6. The molecule has 0 atom stereocenters. The predicted octanol–water partition coefficient (Wildman–Crippen LogP) is 2.60. The van der Waals surface area contributed by atoms with E-state index in [0.717, 1.165) is 31.5 Å². The number of rotatable bonds is 5. The van der Waals surface area contributed by atoms with Crippen molar-refractivity contribution in [2.75, 3.05) is 31.1 Å². The number of carbonyl (C=O) groups excluding carboxylic acids is 1. The number of aromatic nitrogens is 3. The van der Waals surface area contributed by atoms with Crippen LogP contribution in [0.4, 0.5) is 5.95 Å². The van der Waals surface area contributed by atoms with Crippen LogP contribution < -0.4 is 4.90 Å². The fraction of sp³-hybridized carbons (Fsp3) is 0.333. The first kappa shape index (κ1) is 18.2. The molecule has 2 aromatic heterocycles. The lowest BCUT2D eigenvalue weighted by molar-refractivity contribution is 0.0725. The van der Waals surface area contributed by atoms with E-state index in [1.807, 2.05) is 23.1 Å². The molecule has 7 heteroatoms. The smallest absolute Gasteiger partial charge is 0.292 e. The van der Waals surface area contributed by atoms with Crippen LogP contribution in [0.2, 0.25) is 0 Å². The molecule has 0 spiro atoms. The summed E-state index contributed by atoms with van der Waals surface area (Å²) in [7, 11) is 0. The summed E-state index contributed by atoms with van der Waals surface area (Å²) in [5, 5.41) is 4.08. The minimum atomic E-state index is -0.103. The first-order valence-corrected chi connectivity index (χ1v) is 9.60. The number of benzene rings is 1. The Kier molecular flexibility index (Phi) is 5.61. The molecule has 1 aromatic carbocycles. The Labute approximate surface area is 164 Å². The van der Waals surface area contributed by atoms with Gasteiger partial charge in [-0.05, 0) is 30.9 Å². The minimum absolute atomic E-state index is 0.103. The summed E-state index contributed by atoms with van der Waals surface area (Å²) in [6.07, 6.45) is 5.96. The van der Waals surface area contributed by atoms with Gasteiger partial charge in [0.05, 0.1) is 5.69 Å². The normalized spacial score (nSPS) is 14.7. The summed E-state index contributed by atoms with van der Waals surface area (Å²) in [5.41, 5.74) is 2.05. The molecule has 0 saturated carbocycles. The fourth-order valence-electron chi connectivity index (χ4n) is 3.38. The van der Waals surface area contributed by atoms with Crippen LogP contribution in [0.25, 0.3) is 0 Å². The van der Waals surface area contributed by atoms with Gasteiger partial charge in [0.15, 0.2) is 0 Å². The summed E-state index contributed by atoms with van der Waals surface area (Å²) in [6.45, 7) is 2.82. The standard InChI is InChI=1S/C21H23N5O2/c27-20(19-16-18(24-28-19)9-8-17-6-2-1-3-7-17)25-12-5-13-26(15-14-25)21-22-10-4-11-23-21/h1-4,6-7,10-11,16H,5,8-9,12-15H2. The molecule has 0 unspecified atom stereocenters. The van der Waals surface area contributed by atoms with Crippen molar-refractivity contribution in [2.45, 2.75) is 19.3 Å². The Morgan fingerprint density at radius 1 is 0.964 bits per heavy atom. The molecule has 1 aliphatic heterocycles. The molecule has 0 bridgehead atoms. The Hall–Kier alpha value is -3.22. The third kappa shape index (κ3) is 4.36. The fourth-order valence-corrected chi connectivity index (χ4v) is 3.38. The highest BCUT2D eigenvalue weighted by Crippen LogP contribution is 2.14. The quantitative estimate of drug-likeness (QED) is 0.680. The number of aryl methyl sites for hydroxylation is 2. The van der Waals surface area contributed by atoms with E-state index in [9.17, 15) is 4.79 Å². The van der Waals surface area contributed by atoms with Crippen LogP contribution in [-0.4, -0.2) is 52.1 Å². The van der Waals surface area contributed by atoms with Crippen molar-refractivity contribution in [3.05, 3.63) is 71.9 Å². The highest BCUT2D eigenvalue weighted by molar-refractivity contribution is 5.91. The molecule has 3 aromatic rings. The molecule has 1 fully saturated rings. The summed E-state index contributed by atoms with van der Waals surface area (Å²) in [4.78, 5) is 25.4. The van der Waals surface area contributed by atoms with Crippen LogP contribution in [-0.2, 0) is 12.8 Å². The zero-order valence-corrected chi connectivity index (χ0v) is 15.7. The van der Waals surface area contributed by atoms with Crippen molar-refractivity contribution < 1.29 is 9.32 Å². The zero-order valence-electron chi connectivity index (χ0n) is 15.7. The second kappa shape index (κ2) is 8.65. The van der Waals surface area contributed by atoms with E-state index in [-0.39, 0.29) is 5.91 Å². The van der Waals surface area contributed by atoms with E-state index in [2.05, 4.69) is 32.2 Å². The average molecular weight is 377 g/mol. The zero-order chi connectivity index (χ0) is 19.2. The molecular weight excluding hydrogens is 354 g/mol. The van der Waals surface area contributed by atoms with Gasteiger partial charge in [0.25, 0.3) is 5.91 Å². The Balaban J connectivity index is 1.35. The number of nitrogens with zero attached hydrogens (tertiary/aromatic N) is 5. The Morgan fingerprint density at radius 2 is 1.79 bits per heavy atom. The second-order valence-electron chi connectivity index (χ2n) is 6.85. The van der Waals surface area contributed by atoms with Crippen LogP contribution in [0.3, 0.4) is 0 Å². The van der Waals surface area contributed by atoms with Gasteiger partial charge in [0.2, 0.25) is 11.7 Å². The van der Waals surface area contributed by atoms with Gasteiger partial charge >= 0.3 is 0 Å². The topological polar surface area (TPSA) is 75.4 Å². The third-order valence-corrected chi connectivity index (χ3v) is 4.90. The molecule has 1 amide bonds. The molecule has 0 aliphatic carbocycles. The number of carbonyl (C=O) groups is 1. The van der Waals surface area contributed by atoms with E-state index >= 15 is 0 Å². The average Bonchev–Trinajstić information content (AvgIpc) is 3.09. The van der Waals surface area contributed by atoms with Gasteiger partial charge in [-0.1, -0.05) is 35.5 Å². The minimum Gasteiger partial charge on any atom is -0.351 e. The third-order valence-electron chi connectivity index (χ3n) is 4.90. The lowest BCUT2D eigenvalue weighted by atomic mass is 10.1. The maximum absolute atomic E-state index is 12.8. The number of anilines is 1. The van der Waals surface area contributed by atoms with Crippen molar-refractivity contribution in [2.24, 2.45) is 0 Å². The molecule has 4 rings (SSSR count). The van der Waals surface area contributed by atoms with Gasteiger partial charge in [0.1, 0.15) is 0 Å². The number of hydrogen-bond donors (Lipinski definition) is 0. The lowest BCUT2D eigenvalue weighted by Gasteiger charge is -2.21. The maximum Gasteiger partial charge on any atom is 0.292 e. The van der Waals surface area contributed by atoms with Crippen molar-refractivity contribution in [1.82, 2.24) is 20.0 Å². The van der Waals surface area contributed by atoms with E-state index in [1.165, 1.54) is 5.56 Å². The molecular formula is C21H23N5O2. The van der Waals surface area contributed by atoms with Gasteiger partial charge in [-0.2, -0.15) is 0 Å². The van der Waals surface area contributed by atoms with Crippen molar-refractivity contribution in [1.29, 1.82) is 0 Å². The van der Waals surface area contributed by atoms with Gasteiger partial charge in [-0.15, -0.1) is 0 Å². The first-order chi connectivity index (χ1) is 13.8. The van der Waals surface area contributed by atoms with Gasteiger partial charge in [-0.25, -0.2) is 9.97 Å². The van der Waals surface area contributed by atoms with Crippen LogP contribution in [0, 0.1) is 0 Å². The van der Waals surface area contributed by atoms with Crippen LogP contribution >= 0.6 is 0 Å². The summed E-state index contributed by atoms with van der Waals surface area (Å²) in [5.74, 6) is 0.918. The van der Waals surface area contributed by atoms with Crippen LogP contribution in [0.15, 0.2) is 59.4 Å². The van der Waals surface area contributed by atoms with E-state index < -0.39 is 0 Å². The van der Waals surface area contributed by atoms with Crippen molar-refractivity contribution >= 4 is 11.9 Å². The summed E-state index contributed by atoms with van der Waals surface area (Å²) < 4.78 is 5.34. The van der Waals surface area contributed by atoms with Gasteiger partial charge in [-0.3, -0.25) is 4.79 Å². The molecule has 7 nitrogen and oxygen atoms in total. The monoisotopic (exact) mass is 377 g/mol. The Morgan fingerprint density at radius 3 is 2.61 bits per heavy atom. The SMILES string of the molecule is O=C(c1cc(CCc2ccccc2)no1)N1CCCN(c2ncccn2)CC1. The lowest BCUT2D eigenvalue weighted by Crippen LogP contribution is -2.35. The highest BCUT2D eigenvalue weighted by atomic mass is 16.5. The predicted molar refractivity (Wildman–Crippen MR) is 105 cm³/mol. The van der Waals surface area contributed by atoms with E-state index in [4.69, 9.17) is 4.52 Å². The van der Waals surface area contributed by atoms with E-state index in [0.29, 0.717) is 31.3 Å². The summed E-state index contributed by atoms with van der Waals surface area (Å²) >= 11 is 0. The molecule has 0 radical (unpaired) electrons. The molecule has 1 saturated heterocycles. The first-order valence-electron chi connectivity index (χ1n) is 9.60. The van der Waals surface area contributed by atoms with E-state index in [1.54, 1.807) is 24.5 Å². The molecule has 0 N–H and O–H groups in total. The molecule has 144 valence electrons.